The van der Waals surface area contributed by atoms with E-state index in [1.54, 1.807) is 32.2 Å². The molecule has 0 N–H and O–H groups in total. The van der Waals surface area contributed by atoms with Gasteiger partial charge in [-0.2, -0.15) is 0 Å². The molecular weight excluding hydrogens is 366 g/mol. The van der Waals surface area contributed by atoms with Crippen molar-refractivity contribution < 1.29 is 19.1 Å². The van der Waals surface area contributed by atoms with Crippen LogP contribution in [0.25, 0.3) is 10.8 Å². The van der Waals surface area contributed by atoms with Gasteiger partial charge in [0, 0.05) is 12.4 Å². The molecule has 0 atom stereocenters. The summed E-state index contributed by atoms with van der Waals surface area (Å²) >= 11 is 0. The summed E-state index contributed by atoms with van der Waals surface area (Å²) in [5.41, 5.74) is 2.11. The van der Waals surface area contributed by atoms with Crippen LogP contribution < -0.4 is 9.64 Å². The van der Waals surface area contributed by atoms with Gasteiger partial charge in [-0.25, -0.2) is 9.59 Å². The predicted molar refractivity (Wildman–Crippen MR) is 115 cm³/mol. The summed E-state index contributed by atoms with van der Waals surface area (Å²) in [5, 5.41) is 1.66. The van der Waals surface area contributed by atoms with E-state index < -0.39 is 12.1 Å². The van der Waals surface area contributed by atoms with Crippen LogP contribution in [0, 0.1) is 0 Å². The van der Waals surface area contributed by atoms with Crippen molar-refractivity contribution >= 4 is 28.5 Å². The number of amides is 1. The predicted octanol–water partition coefficient (Wildman–Crippen LogP) is 5.60. The highest BCUT2D eigenvalue weighted by Crippen LogP contribution is 2.36. The van der Waals surface area contributed by atoms with Gasteiger partial charge in [0.2, 0.25) is 0 Å². The van der Waals surface area contributed by atoms with Gasteiger partial charge in [0.15, 0.2) is 5.75 Å². The zero-order valence-corrected chi connectivity index (χ0v) is 17.0. The first-order valence-electron chi connectivity index (χ1n) is 9.78. The summed E-state index contributed by atoms with van der Waals surface area (Å²) in [7, 11) is 1.60. The van der Waals surface area contributed by atoms with Crippen LogP contribution in [0.2, 0.25) is 0 Å². The van der Waals surface area contributed by atoms with Gasteiger partial charge < -0.3 is 9.47 Å². The number of esters is 1. The topological polar surface area (TPSA) is 55.8 Å². The van der Waals surface area contributed by atoms with Crippen molar-refractivity contribution in [2.45, 2.75) is 26.7 Å². The summed E-state index contributed by atoms with van der Waals surface area (Å²) in [6.07, 6.45) is 1.50. The normalized spacial score (nSPS) is 10.6. The van der Waals surface area contributed by atoms with E-state index >= 15 is 0 Å². The Morgan fingerprint density at radius 3 is 2.34 bits per heavy atom. The Morgan fingerprint density at radius 1 is 0.931 bits per heavy atom. The average molecular weight is 391 g/mol. The second-order valence-electron chi connectivity index (χ2n) is 6.73. The molecule has 29 heavy (non-hydrogen) atoms. The first-order valence-corrected chi connectivity index (χ1v) is 9.78. The van der Waals surface area contributed by atoms with Crippen LogP contribution in [0.1, 0.15) is 36.2 Å². The number of anilines is 1. The van der Waals surface area contributed by atoms with E-state index in [4.69, 9.17) is 9.47 Å². The van der Waals surface area contributed by atoms with Crippen LogP contribution in [0.4, 0.5) is 10.5 Å². The van der Waals surface area contributed by atoms with E-state index in [2.05, 4.69) is 6.92 Å². The minimum atomic E-state index is -0.510. The van der Waals surface area contributed by atoms with Gasteiger partial charge >= 0.3 is 12.1 Å². The third kappa shape index (κ3) is 4.57. The summed E-state index contributed by atoms with van der Waals surface area (Å²) in [4.78, 5) is 26.4. The zero-order chi connectivity index (χ0) is 20.8. The molecule has 0 aliphatic rings. The average Bonchev–Trinajstić information content (AvgIpc) is 2.74. The summed E-state index contributed by atoms with van der Waals surface area (Å²) in [5.74, 6) is -0.135. The number of fused-ring (bicyclic) bond motifs is 1. The maximum Gasteiger partial charge on any atom is 0.414 e. The highest BCUT2D eigenvalue weighted by Gasteiger charge is 2.21. The first-order chi connectivity index (χ1) is 14.0. The molecule has 0 aliphatic heterocycles. The van der Waals surface area contributed by atoms with Gasteiger partial charge in [0.25, 0.3) is 0 Å². The quantitative estimate of drug-likeness (QED) is 0.405. The van der Waals surface area contributed by atoms with Gasteiger partial charge in [0.05, 0.1) is 17.9 Å². The Bertz CT molecular complexity index is 1010. The Labute approximate surface area is 170 Å². The minimum absolute atomic E-state index is 0.260. The molecule has 3 aromatic carbocycles. The molecule has 0 saturated heterocycles. The van der Waals surface area contributed by atoms with Gasteiger partial charge in [-0.3, -0.25) is 4.90 Å². The molecule has 0 saturated carbocycles. The molecule has 0 spiro atoms. The molecule has 0 radical (unpaired) electrons. The summed E-state index contributed by atoms with van der Waals surface area (Å²) in [6.45, 7) is 4.12. The molecule has 0 aromatic heterocycles. The number of carbonyl (C=O) groups is 2. The standard InChI is InChI=1S/C24H25NO4/c1-4-8-17-11-13-19(14-12-17)23(26)29-22-20-10-7-6-9-18(20)15-16-21(22)25(3)24(27)28-5-2/h6-7,9-16H,4-5,8H2,1-3H3. The lowest BCUT2D eigenvalue weighted by Crippen LogP contribution is -2.28. The van der Waals surface area contributed by atoms with Crippen LogP contribution >= 0.6 is 0 Å². The Hall–Kier alpha value is -3.34. The Kier molecular flexibility index (Phi) is 6.50. The van der Waals surface area contributed by atoms with E-state index in [1.165, 1.54) is 10.5 Å². The minimum Gasteiger partial charge on any atom is -0.449 e. The van der Waals surface area contributed by atoms with Crippen molar-refractivity contribution in [2.24, 2.45) is 0 Å². The van der Waals surface area contributed by atoms with E-state index in [9.17, 15) is 9.59 Å². The number of rotatable bonds is 6. The van der Waals surface area contributed by atoms with Crippen molar-refractivity contribution in [3.8, 4) is 5.75 Å². The lowest BCUT2D eigenvalue weighted by Gasteiger charge is -2.21. The third-order valence-electron chi connectivity index (χ3n) is 4.68. The molecule has 0 bridgehead atoms. The molecule has 3 aromatic rings. The number of nitrogens with zero attached hydrogens (tertiary/aromatic N) is 1. The SMILES string of the molecule is CCCc1ccc(C(=O)Oc2c(N(C)C(=O)OCC)ccc3ccccc23)cc1. The summed E-state index contributed by atoms with van der Waals surface area (Å²) in [6, 6.07) is 18.6. The third-order valence-corrected chi connectivity index (χ3v) is 4.68. The van der Waals surface area contributed by atoms with Crippen LogP contribution in [0.15, 0.2) is 60.7 Å². The molecular formula is C24H25NO4. The fourth-order valence-electron chi connectivity index (χ4n) is 3.17. The number of hydrogen-bond acceptors (Lipinski definition) is 4. The lowest BCUT2D eigenvalue weighted by atomic mass is 10.1. The number of carbonyl (C=O) groups excluding carboxylic acids is 2. The van der Waals surface area contributed by atoms with E-state index in [-0.39, 0.29) is 6.61 Å². The zero-order valence-electron chi connectivity index (χ0n) is 17.0. The monoisotopic (exact) mass is 391 g/mol. The molecule has 150 valence electrons. The van der Waals surface area contributed by atoms with Crippen LogP contribution in [-0.4, -0.2) is 25.7 Å². The van der Waals surface area contributed by atoms with Crippen molar-refractivity contribution in [1.29, 1.82) is 0 Å². The maximum atomic E-state index is 12.8. The molecule has 0 unspecified atom stereocenters. The Balaban J connectivity index is 1.98. The highest BCUT2D eigenvalue weighted by molar-refractivity contribution is 6.02. The molecule has 0 aliphatic carbocycles. The molecule has 0 fully saturated rings. The fourth-order valence-corrected chi connectivity index (χ4v) is 3.17. The fraction of sp³-hybridized carbons (Fsp3) is 0.250. The van der Waals surface area contributed by atoms with Gasteiger partial charge in [-0.05, 0) is 42.5 Å². The molecule has 3 rings (SSSR count). The first kappa shape index (κ1) is 20.4. The van der Waals surface area contributed by atoms with Crippen LogP contribution in [-0.2, 0) is 11.2 Å². The molecule has 1 amide bonds. The highest BCUT2D eigenvalue weighted by atomic mass is 16.6. The Morgan fingerprint density at radius 2 is 1.66 bits per heavy atom. The van der Waals surface area contributed by atoms with Crippen LogP contribution in [0.3, 0.4) is 0 Å². The molecule has 0 heterocycles. The lowest BCUT2D eigenvalue weighted by molar-refractivity contribution is 0.0737. The number of aryl methyl sites for hydroxylation is 1. The number of ether oxygens (including phenoxy) is 2. The molecule has 5 nitrogen and oxygen atoms in total. The van der Waals surface area contributed by atoms with E-state index in [0.717, 1.165) is 23.6 Å². The largest absolute Gasteiger partial charge is 0.449 e. The van der Waals surface area contributed by atoms with Crippen molar-refractivity contribution in [3.05, 3.63) is 71.8 Å². The number of benzene rings is 3. The van der Waals surface area contributed by atoms with Crippen molar-refractivity contribution in [1.82, 2.24) is 0 Å². The van der Waals surface area contributed by atoms with Crippen molar-refractivity contribution in [2.75, 3.05) is 18.6 Å². The van der Waals surface area contributed by atoms with Crippen LogP contribution in [0.5, 0.6) is 5.75 Å². The summed E-state index contributed by atoms with van der Waals surface area (Å²) < 4.78 is 10.9. The van der Waals surface area contributed by atoms with Crippen molar-refractivity contribution in [3.63, 3.8) is 0 Å². The molecule has 5 heteroatoms. The second kappa shape index (κ2) is 9.24. The van der Waals surface area contributed by atoms with Gasteiger partial charge in [-0.15, -0.1) is 0 Å². The number of hydrogen-bond donors (Lipinski definition) is 0. The second-order valence-corrected chi connectivity index (χ2v) is 6.73. The van der Waals surface area contributed by atoms with Gasteiger partial charge in [0.1, 0.15) is 0 Å². The van der Waals surface area contributed by atoms with Gasteiger partial charge in [-0.1, -0.05) is 55.8 Å². The smallest absolute Gasteiger partial charge is 0.414 e. The maximum absolute atomic E-state index is 12.8. The van der Waals surface area contributed by atoms with E-state index in [1.807, 2.05) is 42.5 Å². The van der Waals surface area contributed by atoms with E-state index in [0.29, 0.717) is 17.0 Å².